The summed E-state index contributed by atoms with van der Waals surface area (Å²) in [5.41, 5.74) is 34.9. The number of phenolic OH excluding ortho intramolecular Hbond substituents is 2. The van der Waals surface area contributed by atoms with Gasteiger partial charge in [-0.25, -0.2) is 4.79 Å². The molecular weight excluding hydrogens is 889 g/mol. The molecule has 6 aromatic carbocycles. The number of benzene rings is 6. The molecule has 0 spiro atoms. The fraction of sp³-hybridized carbons (Fsp3) is 0.424. The van der Waals surface area contributed by atoms with E-state index in [2.05, 4.69) is 117 Å². The van der Waals surface area contributed by atoms with Gasteiger partial charge in [-0.3, -0.25) is 4.79 Å². The molecule has 6 nitrogen and oxygen atoms in total. The molecule has 0 fully saturated rings. The summed E-state index contributed by atoms with van der Waals surface area (Å²) in [5.74, 6) is -0.669. The smallest absolute Gasteiger partial charge is 0.339 e. The molecule has 0 unspecified atom stereocenters. The Hall–Kier alpha value is -6.14. The highest BCUT2D eigenvalue weighted by atomic mass is 16.4. The highest BCUT2D eigenvalue weighted by Gasteiger charge is 2.26. The Balaban J connectivity index is 0.000000265. The number of hydrogen-bond donors (Lipinski definition) is 4. The second-order valence-electron chi connectivity index (χ2n) is 21.1. The van der Waals surface area contributed by atoms with Gasteiger partial charge in [0.15, 0.2) is 5.78 Å². The van der Waals surface area contributed by atoms with Crippen LogP contribution in [0.15, 0.2) is 6.07 Å². The monoisotopic (exact) mass is 977 g/mol. The Morgan fingerprint density at radius 3 is 0.861 bits per heavy atom. The molecule has 0 saturated carbocycles. The predicted octanol–water partition coefficient (Wildman–Crippen LogP) is 16.7. The van der Waals surface area contributed by atoms with Crippen molar-refractivity contribution in [2.75, 3.05) is 0 Å². The molecule has 6 aromatic rings. The number of carbonyl (C=O) groups is 2. The van der Waals surface area contributed by atoms with Crippen molar-refractivity contribution in [1.82, 2.24) is 0 Å². The summed E-state index contributed by atoms with van der Waals surface area (Å²) in [6.07, 6.45) is 0.805. The topological polar surface area (TPSA) is 115 Å². The van der Waals surface area contributed by atoms with Crippen LogP contribution in [0.2, 0.25) is 0 Å². The molecule has 0 aromatic heterocycles. The minimum Gasteiger partial charge on any atom is -0.507 e. The van der Waals surface area contributed by atoms with Crippen LogP contribution in [0.4, 0.5) is 0 Å². The normalized spacial score (nSPS) is 10.8. The second-order valence-corrected chi connectivity index (χ2v) is 21.1. The number of hydrogen-bond acceptors (Lipinski definition) is 5. The van der Waals surface area contributed by atoms with Gasteiger partial charge in [0.1, 0.15) is 22.8 Å². The van der Waals surface area contributed by atoms with Crippen molar-refractivity contribution in [2.45, 2.75) is 193 Å². The Kier molecular flexibility index (Phi) is 19.4. The summed E-state index contributed by atoms with van der Waals surface area (Å²) in [5, 5.41) is 40.0. The minimum absolute atomic E-state index is 0.0191. The SMILES string of the molecule is Cc1c(C)c(C)c(C(=O)O)c(O)c1C.Cc1c(C)c(C)c(C(=O)c2c(C)c(C)c(C)c(C)c2O)c(C)c1C.Cc1c(C)c(C)c(Cc2c(C)c(C)c(C)c(C)c2O)c(C)c1C.Cc1cc(C)c(C)c(C)c1C. The Morgan fingerprint density at radius 2 is 0.514 bits per heavy atom. The second kappa shape index (κ2) is 23.2. The van der Waals surface area contributed by atoms with E-state index in [4.69, 9.17) is 5.11 Å². The molecule has 6 rings (SSSR count). The largest absolute Gasteiger partial charge is 0.507 e. The van der Waals surface area contributed by atoms with E-state index in [1.807, 2.05) is 62.3 Å². The lowest BCUT2D eigenvalue weighted by atomic mass is 9.83. The van der Waals surface area contributed by atoms with E-state index in [1.54, 1.807) is 13.8 Å². The number of aromatic carboxylic acids is 1. The van der Waals surface area contributed by atoms with Crippen LogP contribution in [0, 0.1) is 187 Å². The molecule has 0 heterocycles. The van der Waals surface area contributed by atoms with Gasteiger partial charge < -0.3 is 20.4 Å². The number of carboxylic acid groups (broad SMARTS) is 1. The van der Waals surface area contributed by atoms with Crippen LogP contribution in [0.25, 0.3) is 0 Å². The third-order valence-corrected chi connectivity index (χ3v) is 18.0. The Bertz CT molecular complexity index is 2860. The Morgan fingerprint density at radius 1 is 0.278 bits per heavy atom. The van der Waals surface area contributed by atoms with Gasteiger partial charge in [0, 0.05) is 17.5 Å². The van der Waals surface area contributed by atoms with Crippen molar-refractivity contribution in [1.29, 1.82) is 0 Å². The molecule has 0 radical (unpaired) electrons. The molecule has 0 bridgehead atoms. The lowest BCUT2D eigenvalue weighted by molar-refractivity contribution is 0.0692. The van der Waals surface area contributed by atoms with Gasteiger partial charge >= 0.3 is 5.97 Å². The average Bonchev–Trinajstić information content (AvgIpc) is 3.34. The van der Waals surface area contributed by atoms with Crippen LogP contribution in [0.3, 0.4) is 0 Å². The van der Waals surface area contributed by atoms with Gasteiger partial charge in [-0.2, -0.15) is 0 Å². The molecule has 0 aliphatic heterocycles. The van der Waals surface area contributed by atoms with Crippen molar-refractivity contribution in [3.8, 4) is 17.2 Å². The van der Waals surface area contributed by atoms with Gasteiger partial charge in [0.05, 0.1) is 5.56 Å². The van der Waals surface area contributed by atoms with E-state index in [0.717, 1.165) is 78.7 Å². The van der Waals surface area contributed by atoms with Crippen molar-refractivity contribution in [2.24, 2.45) is 0 Å². The zero-order valence-electron chi connectivity index (χ0n) is 49.4. The highest BCUT2D eigenvalue weighted by molar-refractivity contribution is 6.14. The first-order valence-corrected chi connectivity index (χ1v) is 25.3. The van der Waals surface area contributed by atoms with E-state index in [1.165, 1.54) is 83.5 Å². The van der Waals surface area contributed by atoms with Gasteiger partial charge in [-0.05, 0) is 343 Å². The van der Waals surface area contributed by atoms with Crippen molar-refractivity contribution < 1.29 is 30.0 Å². The van der Waals surface area contributed by atoms with Crippen LogP contribution in [0.5, 0.6) is 17.2 Å². The summed E-state index contributed by atoms with van der Waals surface area (Å²) in [6, 6.07) is 2.26. The van der Waals surface area contributed by atoms with Gasteiger partial charge in [0.2, 0.25) is 0 Å². The maximum atomic E-state index is 13.4. The molecular formula is C66H88O6. The maximum absolute atomic E-state index is 13.4. The van der Waals surface area contributed by atoms with Crippen LogP contribution in [0.1, 0.15) is 188 Å². The highest BCUT2D eigenvalue weighted by Crippen LogP contribution is 2.38. The fourth-order valence-corrected chi connectivity index (χ4v) is 10.1. The van der Waals surface area contributed by atoms with E-state index < -0.39 is 5.97 Å². The predicted molar refractivity (Wildman–Crippen MR) is 305 cm³/mol. The lowest BCUT2D eigenvalue weighted by Gasteiger charge is -2.22. The first-order valence-electron chi connectivity index (χ1n) is 25.3. The average molecular weight is 977 g/mol. The summed E-state index contributed by atoms with van der Waals surface area (Å²) >= 11 is 0. The van der Waals surface area contributed by atoms with Crippen LogP contribution in [-0.4, -0.2) is 32.2 Å². The number of ketones is 1. The molecule has 0 saturated heterocycles. The standard InChI is InChI=1S/C22H28O2.C22H30O.C11H14O3.C11H16/c1-10-11(2)15(6)19(16(7)12(10)3)22(24)20-17(8)13(4)14(5)18(9)21(20)23;1-11-12(2)16(6)20(17(7)13(11)3)10-21-18(8)14(4)15(5)19(9)22(21)23;1-5-6(2)8(4)10(12)9(7(5)3)11(13)14;1-7-6-8(2)10(4)11(5)9(7)3/h23H,1-9H3;23H,10H2,1-9H3;12H,1-4H3,(H,13,14);6H,1-5H3. The van der Waals surface area contributed by atoms with E-state index >= 15 is 0 Å². The van der Waals surface area contributed by atoms with E-state index in [9.17, 15) is 24.9 Å². The molecule has 4 N–H and O–H groups in total. The number of carboxylic acids is 1. The number of carbonyl (C=O) groups excluding carboxylic acids is 1. The molecule has 388 valence electrons. The van der Waals surface area contributed by atoms with Gasteiger partial charge in [-0.1, -0.05) is 6.07 Å². The fourth-order valence-electron chi connectivity index (χ4n) is 10.1. The molecule has 0 aliphatic carbocycles. The summed E-state index contributed by atoms with van der Waals surface area (Å²) in [6.45, 7) is 55.6. The molecule has 0 amide bonds. The first kappa shape index (κ1) is 60.2. The maximum Gasteiger partial charge on any atom is 0.339 e. The van der Waals surface area contributed by atoms with E-state index in [0.29, 0.717) is 22.4 Å². The number of phenols is 3. The molecule has 0 aliphatic rings. The van der Waals surface area contributed by atoms with Gasteiger partial charge in [-0.15, -0.1) is 0 Å². The molecule has 0 atom stereocenters. The quantitative estimate of drug-likeness (QED) is 0.128. The van der Waals surface area contributed by atoms with Crippen LogP contribution >= 0.6 is 0 Å². The van der Waals surface area contributed by atoms with Crippen molar-refractivity contribution in [3.63, 3.8) is 0 Å². The third-order valence-electron chi connectivity index (χ3n) is 18.0. The van der Waals surface area contributed by atoms with Crippen LogP contribution in [-0.2, 0) is 6.42 Å². The molecule has 72 heavy (non-hydrogen) atoms. The number of aryl methyl sites for hydroxylation is 2. The molecule has 6 heteroatoms. The van der Waals surface area contributed by atoms with Crippen molar-refractivity contribution >= 4 is 11.8 Å². The minimum atomic E-state index is -1.08. The number of rotatable bonds is 5. The van der Waals surface area contributed by atoms with Gasteiger partial charge in [0.25, 0.3) is 0 Å². The third kappa shape index (κ3) is 11.2. The Labute approximate surface area is 434 Å². The first-order chi connectivity index (χ1) is 33.0. The summed E-state index contributed by atoms with van der Waals surface area (Å²) < 4.78 is 0. The number of aromatic hydroxyl groups is 3. The lowest BCUT2D eigenvalue weighted by Crippen LogP contribution is -2.13. The summed E-state index contributed by atoms with van der Waals surface area (Å²) in [4.78, 5) is 24.3. The zero-order valence-corrected chi connectivity index (χ0v) is 49.4. The van der Waals surface area contributed by atoms with Crippen LogP contribution < -0.4 is 0 Å². The van der Waals surface area contributed by atoms with E-state index in [-0.39, 0.29) is 22.8 Å². The summed E-state index contributed by atoms with van der Waals surface area (Å²) in [7, 11) is 0. The van der Waals surface area contributed by atoms with Crippen molar-refractivity contribution in [3.05, 3.63) is 184 Å². The zero-order chi connectivity index (χ0) is 55.8.